The summed E-state index contributed by atoms with van der Waals surface area (Å²) < 4.78 is 9.89. The molecule has 12 heavy (non-hydrogen) atoms. The molecular weight excluding hydrogens is 174 g/mol. The van der Waals surface area contributed by atoms with Crippen LogP contribution in [0.3, 0.4) is 0 Å². The molecule has 0 spiro atoms. The largest absolute Gasteiger partial charge is 0.467 e. The highest BCUT2D eigenvalue weighted by Gasteiger charge is 1.96. The molecule has 0 saturated heterocycles. The Morgan fingerprint density at radius 3 is 2.83 bits per heavy atom. The van der Waals surface area contributed by atoms with Crippen molar-refractivity contribution in [1.82, 2.24) is 0 Å². The summed E-state index contributed by atoms with van der Waals surface area (Å²) in [5.74, 6) is 0.687. The second-order valence-electron chi connectivity index (χ2n) is 2.27. The highest BCUT2D eigenvalue weighted by atomic mass is 32.1. The van der Waals surface area contributed by atoms with Gasteiger partial charge in [-0.15, -0.1) is 12.6 Å². The van der Waals surface area contributed by atoms with E-state index in [1.54, 1.807) is 25.3 Å². The lowest BCUT2D eigenvalue weighted by Gasteiger charge is -2.05. The molecule has 0 bridgehead atoms. The average Bonchev–Trinajstić information content (AvgIpc) is 2.07. The third kappa shape index (κ3) is 2.32. The van der Waals surface area contributed by atoms with Crippen molar-refractivity contribution in [3.05, 3.63) is 18.2 Å². The second-order valence-corrected chi connectivity index (χ2v) is 2.75. The van der Waals surface area contributed by atoms with E-state index >= 15 is 0 Å². The van der Waals surface area contributed by atoms with E-state index in [4.69, 9.17) is 15.2 Å². The number of anilines is 1. The Bertz CT molecular complexity index is 265. The maximum Gasteiger partial charge on any atom is 0.188 e. The maximum atomic E-state index is 5.60. The van der Waals surface area contributed by atoms with E-state index in [1.807, 2.05) is 0 Å². The van der Waals surface area contributed by atoms with Crippen LogP contribution in [-0.4, -0.2) is 13.9 Å². The van der Waals surface area contributed by atoms with Crippen molar-refractivity contribution in [1.29, 1.82) is 0 Å². The summed E-state index contributed by atoms with van der Waals surface area (Å²) in [6, 6.07) is 5.28. The number of hydrogen-bond acceptors (Lipinski definition) is 4. The van der Waals surface area contributed by atoms with E-state index in [0.29, 0.717) is 11.4 Å². The van der Waals surface area contributed by atoms with E-state index in [-0.39, 0.29) is 6.79 Å². The van der Waals surface area contributed by atoms with Crippen LogP contribution >= 0.6 is 12.6 Å². The van der Waals surface area contributed by atoms with Crippen LogP contribution in [0.1, 0.15) is 0 Å². The molecule has 2 N–H and O–H groups in total. The van der Waals surface area contributed by atoms with Crippen LogP contribution < -0.4 is 10.5 Å². The minimum absolute atomic E-state index is 0.228. The van der Waals surface area contributed by atoms with Crippen molar-refractivity contribution in [2.24, 2.45) is 0 Å². The van der Waals surface area contributed by atoms with E-state index in [9.17, 15) is 0 Å². The SMILES string of the molecule is COCOc1ccc(S)c(N)c1. The molecule has 0 atom stereocenters. The fourth-order valence-corrected chi connectivity index (χ4v) is 0.888. The molecule has 1 rings (SSSR count). The first-order chi connectivity index (χ1) is 5.74. The quantitative estimate of drug-likeness (QED) is 0.426. The first kappa shape index (κ1) is 9.22. The minimum atomic E-state index is 0.228. The Labute approximate surface area is 76.9 Å². The monoisotopic (exact) mass is 185 g/mol. The summed E-state index contributed by atoms with van der Waals surface area (Å²) in [4.78, 5) is 0.750. The van der Waals surface area contributed by atoms with Crippen molar-refractivity contribution in [3.8, 4) is 5.75 Å². The van der Waals surface area contributed by atoms with Gasteiger partial charge in [-0.3, -0.25) is 0 Å². The average molecular weight is 185 g/mol. The van der Waals surface area contributed by atoms with Crippen molar-refractivity contribution in [3.63, 3.8) is 0 Å². The molecule has 0 amide bonds. The number of methoxy groups -OCH3 is 1. The number of rotatable bonds is 3. The van der Waals surface area contributed by atoms with Gasteiger partial charge in [0, 0.05) is 23.8 Å². The molecule has 0 radical (unpaired) electrons. The number of nitrogens with two attached hydrogens (primary N) is 1. The highest BCUT2D eigenvalue weighted by Crippen LogP contribution is 2.22. The van der Waals surface area contributed by atoms with E-state index in [1.165, 1.54) is 0 Å². The molecule has 0 heterocycles. The van der Waals surface area contributed by atoms with E-state index in [0.717, 1.165) is 4.90 Å². The maximum absolute atomic E-state index is 5.60. The van der Waals surface area contributed by atoms with Gasteiger partial charge in [-0.05, 0) is 12.1 Å². The summed E-state index contributed by atoms with van der Waals surface area (Å²) >= 11 is 4.12. The van der Waals surface area contributed by atoms with Crippen LogP contribution in [0.2, 0.25) is 0 Å². The molecule has 1 aromatic carbocycles. The molecule has 0 aliphatic carbocycles. The zero-order valence-corrected chi connectivity index (χ0v) is 7.67. The zero-order valence-electron chi connectivity index (χ0n) is 6.78. The standard InChI is InChI=1S/C8H11NO2S/c1-10-5-11-6-2-3-8(12)7(9)4-6/h2-4,12H,5,9H2,1H3. The Morgan fingerprint density at radius 1 is 1.50 bits per heavy atom. The lowest BCUT2D eigenvalue weighted by Crippen LogP contribution is -1.99. The normalized spacial score (nSPS) is 9.83. The number of nitrogen functional groups attached to an aromatic ring is 1. The second kappa shape index (κ2) is 4.23. The van der Waals surface area contributed by atoms with Crippen LogP contribution in [-0.2, 0) is 4.74 Å². The van der Waals surface area contributed by atoms with Gasteiger partial charge in [-0.25, -0.2) is 0 Å². The Kier molecular flexibility index (Phi) is 3.25. The van der Waals surface area contributed by atoms with Gasteiger partial charge in [0.25, 0.3) is 0 Å². The molecule has 66 valence electrons. The molecule has 0 saturated carbocycles. The molecule has 1 aromatic rings. The van der Waals surface area contributed by atoms with Crippen LogP contribution in [0.4, 0.5) is 5.69 Å². The van der Waals surface area contributed by atoms with Gasteiger partial charge in [0.1, 0.15) is 5.75 Å². The van der Waals surface area contributed by atoms with Crippen LogP contribution in [0.5, 0.6) is 5.75 Å². The first-order valence-corrected chi connectivity index (χ1v) is 3.89. The van der Waals surface area contributed by atoms with E-state index in [2.05, 4.69) is 12.6 Å². The van der Waals surface area contributed by atoms with Crippen LogP contribution in [0, 0.1) is 0 Å². The molecule has 0 aliphatic rings. The lowest BCUT2D eigenvalue weighted by molar-refractivity contribution is 0.0511. The molecule has 0 fully saturated rings. The molecule has 4 heteroatoms. The van der Waals surface area contributed by atoms with Gasteiger partial charge in [-0.2, -0.15) is 0 Å². The summed E-state index contributed by atoms with van der Waals surface area (Å²) in [5, 5.41) is 0. The molecule has 0 aromatic heterocycles. The first-order valence-electron chi connectivity index (χ1n) is 3.44. The fraction of sp³-hybridized carbons (Fsp3) is 0.250. The van der Waals surface area contributed by atoms with Gasteiger partial charge in [0.05, 0.1) is 0 Å². The summed E-state index contributed by atoms with van der Waals surface area (Å²) in [7, 11) is 1.57. The smallest absolute Gasteiger partial charge is 0.188 e. The number of thiol groups is 1. The zero-order chi connectivity index (χ0) is 8.97. The lowest BCUT2D eigenvalue weighted by atomic mass is 10.3. The van der Waals surface area contributed by atoms with Crippen molar-refractivity contribution in [2.45, 2.75) is 4.90 Å². The van der Waals surface area contributed by atoms with Gasteiger partial charge in [-0.1, -0.05) is 0 Å². The van der Waals surface area contributed by atoms with E-state index < -0.39 is 0 Å². The minimum Gasteiger partial charge on any atom is -0.467 e. The fourth-order valence-electron chi connectivity index (χ4n) is 0.749. The predicted octanol–water partition coefficient (Wildman–Crippen LogP) is 1.54. The van der Waals surface area contributed by atoms with Crippen molar-refractivity contribution >= 4 is 18.3 Å². The Morgan fingerprint density at radius 2 is 2.25 bits per heavy atom. The summed E-state index contributed by atoms with van der Waals surface area (Å²) in [6.45, 7) is 0.228. The number of benzene rings is 1. The molecule has 3 nitrogen and oxygen atoms in total. The third-order valence-corrected chi connectivity index (χ3v) is 1.75. The Hall–Kier alpha value is -0.870. The van der Waals surface area contributed by atoms with Crippen LogP contribution in [0.25, 0.3) is 0 Å². The van der Waals surface area contributed by atoms with Gasteiger partial charge < -0.3 is 15.2 Å². The predicted molar refractivity (Wildman–Crippen MR) is 50.6 cm³/mol. The van der Waals surface area contributed by atoms with Crippen molar-refractivity contribution in [2.75, 3.05) is 19.6 Å². The van der Waals surface area contributed by atoms with Crippen molar-refractivity contribution < 1.29 is 9.47 Å². The molecule has 0 unspecified atom stereocenters. The summed E-state index contributed by atoms with van der Waals surface area (Å²) in [5.41, 5.74) is 6.20. The van der Waals surface area contributed by atoms with Crippen LogP contribution in [0.15, 0.2) is 23.1 Å². The van der Waals surface area contributed by atoms with Gasteiger partial charge in [0.15, 0.2) is 6.79 Å². The Balaban J connectivity index is 2.69. The van der Waals surface area contributed by atoms with Gasteiger partial charge in [0.2, 0.25) is 0 Å². The number of hydrogen-bond donors (Lipinski definition) is 2. The molecular formula is C8H11NO2S. The van der Waals surface area contributed by atoms with Gasteiger partial charge >= 0.3 is 0 Å². The summed E-state index contributed by atoms with van der Waals surface area (Å²) in [6.07, 6.45) is 0. The molecule has 0 aliphatic heterocycles. The third-order valence-electron chi connectivity index (χ3n) is 1.34. The highest BCUT2D eigenvalue weighted by molar-refractivity contribution is 7.80. The number of ether oxygens (including phenoxy) is 2. The topological polar surface area (TPSA) is 44.5 Å².